The van der Waals surface area contributed by atoms with Gasteiger partial charge in [-0.05, 0) is 12.1 Å². The van der Waals surface area contributed by atoms with E-state index < -0.39 is 20.9 Å². The van der Waals surface area contributed by atoms with Gasteiger partial charge in [0.2, 0.25) is 5.03 Å². The summed E-state index contributed by atoms with van der Waals surface area (Å²) < 4.78 is 40.8. The summed E-state index contributed by atoms with van der Waals surface area (Å²) in [5.41, 5.74) is 0. The van der Waals surface area contributed by atoms with Gasteiger partial charge in [-0.2, -0.15) is 0 Å². The fourth-order valence-electron chi connectivity index (χ4n) is 1.37. The Morgan fingerprint density at radius 3 is 2.89 bits per heavy atom. The molecule has 2 aromatic rings. The molecular weight excluding hydrogens is 259 g/mol. The zero-order valence-electron chi connectivity index (χ0n) is 9.32. The third-order valence-electron chi connectivity index (χ3n) is 2.20. The van der Waals surface area contributed by atoms with Gasteiger partial charge in [0.1, 0.15) is 0 Å². The van der Waals surface area contributed by atoms with Gasteiger partial charge in [0.25, 0.3) is 10.0 Å². The Morgan fingerprint density at radius 1 is 1.39 bits per heavy atom. The number of hydrogen-bond acceptors (Lipinski definition) is 4. The van der Waals surface area contributed by atoms with E-state index in [0.717, 1.165) is 6.07 Å². The molecule has 0 unspecified atom stereocenters. The van der Waals surface area contributed by atoms with Crippen LogP contribution in [0.3, 0.4) is 0 Å². The van der Waals surface area contributed by atoms with Crippen LogP contribution < -0.4 is 4.72 Å². The average molecular weight is 270 g/mol. The lowest BCUT2D eigenvalue weighted by Crippen LogP contribution is -2.28. The van der Waals surface area contributed by atoms with E-state index in [9.17, 15) is 12.8 Å². The van der Waals surface area contributed by atoms with E-state index >= 15 is 0 Å². The Labute approximate surface area is 104 Å². The second-order valence-electron chi connectivity index (χ2n) is 3.49. The molecule has 0 amide bonds. The van der Waals surface area contributed by atoms with Crippen molar-refractivity contribution in [2.24, 2.45) is 0 Å². The van der Waals surface area contributed by atoms with Crippen LogP contribution in [0, 0.1) is 5.82 Å². The van der Waals surface area contributed by atoms with Crippen molar-refractivity contribution in [2.45, 2.75) is 11.6 Å². The Kier molecular flexibility index (Phi) is 3.68. The molecular formula is C10H11FN4O2S. The molecule has 18 heavy (non-hydrogen) atoms. The van der Waals surface area contributed by atoms with Gasteiger partial charge >= 0.3 is 0 Å². The lowest BCUT2D eigenvalue weighted by Gasteiger charge is -2.06. The predicted molar refractivity (Wildman–Crippen MR) is 61.6 cm³/mol. The van der Waals surface area contributed by atoms with E-state index in [0.29, 0.717) is 6.54 Å². The van der Waals surface area contributed by atoms with Gasteiger partial charge in [-0.15, -0.1) is 0 Å². The van der Waals surface area contributed by atoms with Crippen LogP contribution in [-0.4, -0.2) is 29.5 Å². The highest BCUT2D eigenvalue weighted by atomic mass is 32.2. The molecule has 0 aliphatic carbocycles. The van der Waals surface area contributed by atoms with Crippen molar-refractivity contribution in [3.63, 3.8) is 0 Å². The van der Waals surface area contributed by atoms with Crippen molar-refractivity contribution in [3.05, 3.63) is 42.9 Å². The molecule has 96 valence electrons. The molecule has 2 rings (SSSR count). The smallest absolute Gasteiger partial charge is 0.261 e. The van der Waals surface area contributed by atoms with Gasteiger partial charge < -0.3 is 4.57 Å². The van der Waals surface area contributed by atoms with Crippen molar-refractivity contribution < 1.29 is 12.8 Å². The number of hydrogen-bond donors (Lipinski definition) is 1. The van der Waals surface area contributed by atoms with E-state index in [1.165, 1.54) is 12.3 Å². The predicted octanol–water partition coefficient (Wildman–Crippen LogP) is 0.396. The summed E-state index contributed by atoms with van der Waals surface area (Å²) in [5, 5.41) is -0.587. The van der Waals surface area contributed by atoms with Gasteiger partial charge in [0.05, 0.1) is 6.33 Å². The first-order valence-corrected chi connectivity index (χ1v) is 6.64. The van der Waals surface area contributed by atoms with Gasteiger partial charge in [-0.25, -0.2) is 27.5 Å². The molecule has 0 aliphatic heterocycles. The molecule has 0 spiro atoms. The zero-order valence-corrected chi connectivity index (χ0v) is 10.1. The molecule has 0 bridgehead atoms. The highest BCUT2D eigenvalue weighted by molar-refractivity contribution is 7.89. The first-order valence-electron chi connectivity index (χ1n) is 5.15. The van der Waals surface area contributed by atoms with Gasteiger partial charge in [-0.3, -0.25) is 0 Å². The van der Waals surface area contributed by atoms with Crippen molar-refractivity contribution in [1.29, 1.82) is 0 Å². The number of sulfonamides is 1. The summed E-state index contributed by atoms with van der Waals surface area (Å²) in [7, 11) is -3.91. The lowest BCUT2D eigenvalue weighted by molar-refractivity contribution is 0.540. The molecule has 0 radical (unpaired) electrons. The highest BCUT2D eigenvalue weighted by Gasteiger charge is 2.19. The molecule has 0 saturated carbocycles. The van der Waals surface area contributed by atoms with E-state index in [2.05, 4.69) is 14.7 Å². The van der Waals surface area contributed by atoms with Crippen molar-refractivity contribution in [3.8, 4) is 0 Å². The summed E-state index contributed by atoms with van der Waals surface area (Å²) in [6, 6.07) is 2.39. The van der Waals surface area contributed by atoms with Gasteiger partial charge in [0, 0.05) is 31.7 Å². The van der Waals surface area contributed by atoms with Crippen LogP contribution in [0.1, 0.15) is 0 Å². The number of nitrogens with zero attached hydrogens (tertiary/aromatic N) is 3. The van der Waals surface area contributed by atoms with Gasteiger partial charge in [-0.1, -0.05) is 0 Å². The molecule has 6 nitrogen and oxygen atoms in total. The SMILES string of the molecule is O=S(=O)(NCCn1ccnc1)c1ncccc1F. The minimum absolute atomic E-state index is 0.134. The van der Waals surface area contributed by atoms with Crippen LogP contribution in [0.2, 0.25) is 0 Å². The maximum absolute atomic E-state index is 13.3. The van der Waals surface area contributed by atoms with Crippen molar-refractivity contribution >= 4 is 10.0 Å². The molecule has 0 aromatic carbocycles. The quantitative estimate of drug-likeness (QED) is 0.853. The first-order chi connectivity index (χ1) is 8.59. The monoisotopic (exact) mass is 270 g/mol. The van der Waals surface area contributed by atoms with E-state index in [1.54, 1.807) is 23.3 Å². The third kappa shape index (κ3) is 2.90. The summed E-state index contributed by atoms with van der Waals surface area (Å²) in [4.78, 5) is 7.34. The maximum Gasteiger partial charge on any atom is 0.261 e. The second-order valence-corrected chi connectivity index (χ2v) is 5.17. The molecule has 2 aromatic heterocycles. The first kappa shape index (κ1) is 12.7. The number of nitrogens with one attached hydrogen (secondary N) is 1. The standard InChI is InChI=1S/C10H11FN4O2S/c11-9-2-1-3-13-10(9)18(16,17)14-5-7-15-6-4-12-8-15/h1-4,6,8,14H,5,7H2. The lowest BCUT2D eigenvalue weighted by atomic mass is 10.5. The highest BCUT2D eigenvalue weighted by Crippen LogP contribution is 2.09. The number of pyridine rings is 1. The number of imidazole rings is 1. The van der Waals surface area contributed by atoms with Crippen LogP contribution in [0.15, 0.2) is 42.1 Å². The average Bonchev–Trinajstić information content (AvgIpc) is 2.82. The van der Waals surface area contributed by atoms with Crippen LogP contribution in [-0.2, 0) is 16.6 Å². The second kappa shape index (κ2) is 5.23. The van der Waals surface area contributed by atoms with Crippen LogP contribution >= 0.6 is 0 Å². The van der Waals surface area contributed by atoms with E-state index in [1.807, 2.05) is 0 Å². The summed E-state index contributed by atoms with van der Waals surface area (Å²) >= 11 is 0. The largest absolute Gasteiger partial charge is 0.336 e. The summed E-state index contributed by atoms with van der Waals surface area (Å²) in [6.45, 7) is 0.544. The number of halogens is 1. The number of rotatable bonds is 5. The molecule has 0 aliphatic rings. The number of aromatic nitrogens is 3. The Balaban J connectivity index is 2.02. The Hall–Kier alpha value is -1.80. The van der Waals surface area contributed by atoms with Crippen LogP contribution in [0.5, 0.6) is 0 Å². The fraction of sp³-hybridized carbons (Fsp3) is 0.200. The minimum Gasteiger partial charge on any atom is -0.336 e. The van der Waals surface area contributed by atoms with Crippen molar-refractivity contribution in [1.82, 2.24) is 19.3 Å². The fourth-order valence-corrected chi connectivity index (χ4v) is 2.39. The molecule has 0 saturated heterocycles. The minimum atomic E-state index is -3.91. The Morgan fingerprint density at radius 2 is 2.22 bits per heavy atom. The summed E-state index contributed by atoms with van der Waals surface area (Å²) in [5.74, 6) is -0.868. The molecule has 2 heterocycles. The molecule has 1 N–H and O–H groups in total. The van der Waals surface area contributed by atoms with Crippen LogP contribution in [0.4, 0.5) is 4.39 Å². The maximum atomic E-state index is 13.3. The third-order valence-corrected chi connectivity index (χ3v) is 3.59. The van der Waals surface area contributed by atoms with E-state index in [4.69, 9.17) is 0 Å². The van der Waals surface area contributed by atoms with Crippen LogP contribution in [0.25, 0.3) is 0 Å². The molecule has 0 atom stereocenters. The Bertz CT molecular complexity index is 613. The van der Waals surface area contributed by atoms with Gasteiger partial charge in [0.15, 0.2) is 5.82 Å². The summed E-state index contributed by atoms with van der Waals surface area (Å²) in [6.07, 6.45) is 6.09. The topological polar surface area (TPSA) is 76.9 Å². The normalized spacial score (nSPS) is 11.6. The zero-order chi connectivity index (χ0) is 13.0. The van der Waals surface area contributed by atoms with Crippen molar-refractivity contribution in [2.75, 3.05) is 6.54 Å². The van der Waals surface area contributed by atoms with E-state index in [-0.39, 0.29) is 6.54 Å². The molecule has 8 heteroatoms. The molecule has 0 fully saturated rings.